The van der Waals surface area contributed by atoms with E-state index in [1.165, 1.54) is 6.42 Å². The van der Waals surface area contributed by atoms with Gasteiger partial charge in [-0.05, 0) is 37.3 Å². The standard InChI is InChI=1S/C18H27N3O3/c1-20(18(22)16-4-3-8-19-17(16)23-2)15-5-9-21(10-6-15)12-14-7-11-24-13-14/h3-4,8,14-15H,5-7,9-13H2,1-2H3/t14-/m0/s1. The zero-order valence-electron chi connectivity index (χ0n) is 14.6. The van der Waals surface area contributed by atoms with E-state index in [0.717, 1.165) is 45.7 Å². The number of hydrogen-bond donors (Lipinski definition) is 0. The van der Waals surface area contributed by atoms with Crippen LogP contribution in [0.2, 0.25) is 0 Å². The lowest BCUT2D eigenvalue weighted by Gasteiger charge is -2.37. The number of piperidine rings is 1. The monoisotopic (exact) mass is 333 g/mol. The summed E-state index contributed by atoms with van der Waals surface area (Å²) in [7, 11) is 3.43. The van der Waals surface area contributed by atoms with Gasteiger partial charge in [-0.15, -0.1) is 0 Å². The molecule has 3 rings (SSSR count). The van der Waals surface area contributed by atoms with Crippen LogP contribution in [-0.2, 0) is 4.74 Å². The van der Waals surface area contributed by atoms with E-state index in [4.69, 9.17) is 9.47 Å². The minimum atomic E-state index is -0.0115. The Labute approximate surface area is 143 Å². The van der Waals surface area contributed by atoms with E-state index in [9.17, 15) is 4.79 Å². The van der Waals surface area contributed by atoms with Gasteiger partial charge < -0.3 is 19.3 Å². The molecular weight excluding hydrogens is 306 g/mol. The number of carbonyl (C=O) groups excluding carboxylic acids is 1. The van der Waals surface area contributed by atoms with Crippen molar-refractivity contribution in [2.45, 2.75) is 25.3 Å². The molecule has 1 atom stereocenters. The number of rotatable bonds is 5. The average Bonchev–Trinajstić information content (AvgIpc) is 3.14. The molecule has 1 aromatic heterocycles. The third kappa shape index (κ3) is 3.87. The average molecular weight is 333 g/mol. The molecule has 0 saturated carbocycles. The molecule has 2 aliphatic heterocycles. The first-order valence-corrected chi connectivity index (χ1v) is 8.75. The van der Waals surface area contributed by atoms with Crippen LogP contribution in [0.4, 0.5) is 0 Å². The molecule has 0 radical (unpaired) electrons. The van der Waals surface area contributed by atoms with Gasteiger partial charge in [-0.25, -0.2) is 4.98 Å². The van der Waals surface area contributed by atoms with Gasteiger partial charge in [-0.1, -0.05) is 0 Å². The highest BCUT2D eigenvalue weighted by Gasteiger charge is 2.29. The van der Waals surface area contributed by atoms with Gasteiger partial charge in [0.15, 0.2) is 0 Å². The molecule has 24 heavy (non-hydrogen) atoms. The van der Waals surface area contributed by atoms with Gasteiger partial charge in [-0.3, -0.25) is 4.79 Å². The minimum Gasteiger partial charge on any atom is -0.480 e. The van der Waals surface area contributed by atoms with Crippen LogP contribution in [0.3, 0.4) is 0 Å². The molecule has 0 spiro atoms. The normalized spacial score (nSPS) is 22.5. The summed E-state index contributed by atoms with van der Waals surface area (Å²) in [6.07, 6.45) is 4.84. The Hall–Kier alpha value is -1.66. The summed E-state index contributed by atoms with van der Waals surface area (Å²) in [6.45, 7) is 5.02. The summed E-state index contributed by atoms with van der Waals surface area (Å²) in [5, 5.41) is 0. The SMILES string of the molecule is COc1ncccc1C(=O)N(C)C1CCN(C[C@@H]2CCOC2)CC1. The summed E-state index contributed by atoms with van der Waals surface area (Å²) in [5.41, 5.74) is 0.535. The van der Waals surface area contributed by atoms with Crippen LogP contribution in [0.5, 0.6) is 5.88 Å². The molecule has 6 nitrogen and oxygen atoms in total. The van der Waals surface area contributed by atoms with E-state index in [2.05, 4.69) is 9.88 Å². The predicted octanol–water partition coefficient (Wildman–Crippen LogP) is 1.66. The Balaban J connectivity index is 1.54. The smallest absolute Gasteiger partial charge is 0.259 e. The Morgan fingerprint density at radius 1 is 1.42 bits per heavy atom. The van der Waals surface area contributed by atoms with Crippen LogP contribution in [0, 0.1) is 5.92 Å². The maximum Gasteiger partial charge on any atom is 0.259 e. The third-order valence-corrected chi connectivity index (χ3v) is 5.16. The molecule has 1 aromatic rings. The number of hydrogen-bond acceptors (Lipinski definition) is 5. The fourth-order valence-electron chi connectivity index (χ4n) is 3.65. The molecule has 2 aliphatic rings. The highest BCUT2D eigenvalue weighted by Crippen LogP contribution is 2.22. The summed E-state index contributed by atoms with van der Waals surface area (Å²) in [5.74, 6) is 1.07. The number of methoxy groups -OCH3 is 1. The summed E-state index contributed by atoms with van der Waals surface area (Å²) in [6, 6.07) is 3.83. The first-order chi connectivity index (χ1) is 11.7. The fraction of sp³-hybridized carbons (Fsp3) is 0.667. The van der Waals surface area contributed by atoms with Gasteiger partial charge in [-0.2, -0.15) is 0 Å². The number of amides is 1. The highest BCUT2D eigenvalue weighted by atomic mass is 16.5. The van der Waals surface area contributed by atoms with E-state index >= 15 is 0 Å². The highest BCUT2D eigenvalue weighted by molar-refractivity contribution is 5.96. The molecule has 0 bridgehead atoms. The lowest BCUT2D eigenvalue weighted by atomic mass is 10.0. The molecular formula is C18H27N3O3. The van der Waals surface area contributed by atoms with E-state index in [1.807, 2.05) is 11.9 Å². The molecule has 0 aromatic carbocycles. The largest absolute Gasteiger partial charge is 0.480 e. The summed E-state index contributed by atoms with van der Waals surface area (Å²) < 4.78 is 10.7. The van der Waals surface area contributed by atoms with Gasteiger partial charge in [0.1, 0.15) is 5.56 Å². The van der Waals surface area contributed by atoms with Crippen molar-refractivity contribution in [3.8, 4) is 5.88 Å². The van der Waals surface area contributed by atoms with Gasteiger partial charge in [0, 0.05) is 45.5 Å². The lowest BCUT2D eigenvalue weighted by molar-refractivity contribution is 0.0621. The van der Waals surface area contributed by atoms with E-state index in [-0.39, 0.29) is 11.9 Å². The lowest BCUT2D eigenvalue weighted by Crippen LogP contribution is -2.46. The molecule has 0 aliphatic carbocycles. The number of carbonyl (C=O) groups is 1. The number of nitrogens with zero attached hydrogens (tertiary/aromatic N) is 3. The van der Waals surface area contributed by atoms with E-state index < -0.39 is 0 Å². The molecule has 2 saturated heterocycles. The van der Waals surface area contributed by atoms with Crippen molar-refractivity contribution < 1.29 is 14.3 Å². The fourth-order valence-corrected chi connectivity index (χ4v) is 3.65. The maximum absolute atomic E-state index is 12.8. The van der Waals surface area contributed by atoms with Crippen molar-refractivity contribution in [3.63, 3.8) is 0 Å². The van der Waals surface area contributed by atoms with Gasteiger partial charge in [0.25, 0.3) is 5.91 Å². The molecule has 6 heteroatoms. The first kappa shape index (κ1) is 17.2. The molecule has 3 heterocycles. The topological polar surface area (TPSA) is 54.9 Å². The Morgan fingerprint density at radius 2 is 2.21 bits per heavy atom. The van der Waals surface area contributed by atoms with E-state index in [0.29, 0.717) is 17.4 Å². The van der Waals surface area contributed by atoms with Gasteiger partial charge in [0.05, 0.1) is 13.7 Å². The van der Waals surface area contributed by atoms with Crippen LogP contribution >= 0.6 is 0 Å². The Morgan fingerprint density at radius 3 is 2.88 bits per heavy atom. The predicted molar refractivity (Wildman–Crippen MR) is 91.3 cm³/mol. The Bertz CT molecular complexity index is 552. The van der Waals surface area contributed by atoms with Crippen molar-refractivity contribution in [2.75, 3.05) is 47.0 Å². The second-order valence-electron chi connectivity index (χ2n) is 6.74. The van der Waals surface area contributed by atoms with Crippen molar-refractivity contribution in [3.05, 3.63) is 23.9 Å². The van der Waals surface area contributed by atoms with Gasteiger partial charge >= 0.3 is 0 Å². The van der Waals surface area contributed by atoms with Crippen LogP contribution in [0.1, 0.15) is 29.6 Å². The molecule has 0 unspecified atom stereocenters. The third-order valence-electron chi connectivity index (χ3n) is 5.16. The second-order valence-corrected chi connectivity index (χ2v) is 6.74. The number of likely N-dealkylation sites (tertiary alicyclic amines) is 1. The van der Waals surface area contributed by atoms with Crippen molar-refractivity contribution in [1.82, 2.24) is 14.8 Å². The maximum atomic E-state index is 12.8. The van der Waals surface area contributed by atoms with E-state index in [1.54, 1.807) is 25.4 Å². The van der Waals surface area contributed by atoms with Crippen molar-refractivity contribution in [2.24, 2.45) is 5.92 Å². The second kappa shape index (κ2) is 7.94. The minimum absolute atomic E-state index is 0.0115. The number of ether oxygens (including phenoxy) is 2. The summed E-state index contributed by atoms with van der Waals surface area (Å²) >= 11 is 0. The number of pyridine rings is 1. The van der Waals surface area contributed by atoms with Crippen LogP contribution in [-0.4, -0.2) is 73.7 Å². The van der Waals surface area contributed by atoms with Crippen LogP contribution < -0.4 is 4.74 Å². The Kier molecular flexibility index (Phi) is 5.68. The molecule has 1 amide bonds. The first-order valence-electron chi connectivity index (χ1n) is 8.75. The summed E-state index contributed by atoms with van der Waals surface area (Å²) in [4.78, 5) is 21.3. The molecule has 132 valence electrons. The molecule has 2 fully saturated rings. The van der Waals surface area contributed by atoms with Crippen LogP contribution in [0.25, 0.3) is 0 Å². The van der Waals surface area contributed by atoms with Gasteiger partial charge in [0.2, 0.25) is 5.88 Å². The van der Waals surface area contributed by atoms with Crippen LogP contribution in [0.15, 0.2) is 18.3 Å². The molecule has 0 N–H and O–H groups in total. The van der Waals surface area contributed by atoms with Crippen molar-refractivity contribution in [1.29, 1.82) is 0 Å². The zero-order chi connectivity index (χ0) is 16.9. The number of aromatic nitrogens is 1. The van der Waals surface area contributed by atoms with Crippen molar-refractivity contribution >= 4 is 5.91 Å². The quantitative estimate of drug-likeness (QED) is 0.820. The zero-order valence-corrected chi connectivity index (χ0v) is 14.6.